The Morgan fingerprint density at radius 2 is 2.13 bits per heavy atom. The van der Waals surface area contributed by atoms with Gasteiger partial charge in [-0.1, -0.05) is 34.5 Å². The van der Waals surface area contributed by atoms with Gasteiger partial charge in [-0.2, -0.15) is 0 Å². The molecule has 1 N–H and O–H groups in total. The molecule has 0 spiro atoms. The molecule has 0 bridgehead atoms. The van der Waals surface area contributed by atoms with E-state index < -0.39 is 0 Å². The summed E-state index contributed by atoms with van der Waals surface area (Å²) in [5.74, 6) is 0. The average molecular weight is 291 g/mol. The van der Waals surface area contributed by atoms with Gasteiger partial charge >= 0.3 is 0 Å². The molecule has 3 heteroatoms. The highest BCUT2D eigenvalue weighted by molar-refractivity contribution is 9.10. The van der Waals surface area contributed by atoms with E-state index in [0.29, 0.717) is 6.04 Å². The Bertz CT molecular complexity index is 321. The molecule has 0 amide bonds. The minimum absolute atomic E-state index is 0. The molecule has 0 aliphatic carbocycles. The number of nitrogens with one attached hydrogen (secondary N) is 1. The van der Waals surface area contributed by atoms with Gasteiger partial charge in [-0.25, -0.2) is 0 Å². The van der Waals surface area contributed by atoms with Crippen molar-refractivity contribution in [3.05, 3.63) is 33.8 Å². The van der Waals surface area contributed by atoms with Crippen LogP contribution >= 0.6 is 28.3 Å². The molecule has 1 atom stereocenters. The first-order valence-corrected chi connectivity index (χ1v) is 6.06. The Labute approximate surface area is 106 Å². The van der Waals surface area contributed by atoms with Crippen molar-refractivity contribution in [3.63, 3.8) is 0 Å². The highest BCUT2D eigenvalue weighted by Gasteiger charge is 2.14. The Kier molecular flexibility index (Phi) is 5.10. The maximum atomic E-state index is 3.58. The standard InChI is InChI=1S/C12H16BrN.ClH/c1-9-5-6-10(8-11(9)13)12-4-2-3-7-14-12;/h5-6,8,12,14H,2-4,7H2,1H3;1H/t12-;/m1./s1. The van der Waals surface area contributed by atoms with E-state index in [0.717, 1.165) is 6.54 Å². The van der Waals surface area contributed by atoms with Crippen molar-refractivity contribution in [2.75, 3.05) is 6.54 Å². The van der Waals surface area contributed by atoms with E-state index in [4.69, 9.17) is 0 Å². The van der Waals surface area contributed by atoms with Gasteiger partial charge in [0.05, 0.1) is 0 Å². The van der Waals surface area contributed by atoms with Gasteiger partial charge in [-0.3, -0.25) is 0 Å². The van der Waals surface area contributed by atoms with Crippen LogP contribution in [0.2, 0.25) is 0 Å². The van der Waals surface area contributed by atoms with Crippen LogP contribution in [0.3, 0.4) is 0 Å². The third kappa shape index (κ3) is 3.20. The summed E-state index contributed by atoms with van der Waals surface area (Å²) < 4.78 is 1.22. The van der Waals surface area contributed by atoms with Crippen molar-refractivity contribution in [2.24, 2.45) is 0 Å². The molecule has 2 rings (SSSR count). The number of halogens is 2. The highest BCUT2D eigenvalue weighted by Crippen LogP contribution is 2.26. The SMILES string of the molecule is Cc1ccc([C@H]2CCCCN2)cc1Br.Cl. The van der Waals surface area contributed by atoms with E-state index in [9.17, 15) is 0 Å². The molecular weight excluding hydrogens is 273 g/mol. The van der Waals surface area contributed by atoms with Crippen molar-refractivity contribution in [1.29, 1.82) is 0 Å². The van der Waals surface area contributed by atoms with Crippen LogP contribution in [0, 0.1) is 6.92 Å². The number of hydrogen-bond donors (Lipinski definition) is 1. The second-order valence-electron chi connectivity index (χ2n) is 4.01. The second-order valence-corrected chi connectivity index (χ2v) is 4.87. The summed E-state index contributed by atoms with van der Waals surface area (Å²) in [6.45, 7) is 3.29. The third-order valence-corrected chi connectivity index (χ3v) is 3.76. The van der Waals surface area contributed by atoms with Gasteiger partial charge < -0.3 is 5.32 Å². The lowest BCUT2D eigenvalue weighted by Gasteiger charge is -2.24. The van der Waals surface area contributed by atoms with Gasteiger partial charge in [0.25, 0.3) is 0 Å². The van der Waals surface area contributed by atoms with E-state index in [1.807, 2.05) is 0 Å². The topological polar surface area (TPSA) is 12.0 Å². The summed E-state index contributed by atoms with van der Waals surface area (Å²) >= 11 is 3.58. The molecule has 0 aromatic heterocycles. The van der Waals surface area contributed by atoms with Gasteiger partial charge in [0.15, 0.2) is 0 Å². The molecule has 1 aromatic rings. The molecule has 1 saturated heterocycles. The fourth-order valence-corrected chi connectivity index (χ4v) is 2.36. The Balaban J connectivity index is 0.00000112. The Hall–Kier alpha value is -0.0500. The predicted molar refractivity (Wildman–Crippen MR) is 70.7 cm³/mol. The number of hydrogen-bond acceptors (Lipinski definition) is 1. The average Bonchev–Trinajstić information content (AvgIpc) is 2.23. The maximum Gasteiger partial charge on any atom is 0.0320 e. The molecule has 15 heavy (non-hydrogen) atoms. The van der Waals surface area contributed by atoms with Gasteiger partial charge in [0.1, 0.15) is 0 Å². The van der Waals surface area contributed by atoms with E-state index in [1.165, 1.54) is 34.9 Å². The van der Waals surface area contributed by atoms with E-state index in [1.54, 1.807) is 0 Å². The lowest BCUT2D eigenvalue weighted by Crippen LogP contribution is -2.26. The highest BCUT2D eigenvalue weighted by atomic mass is 79.9. The van der Waals surface area contributed by atoms with Crippen molar-refractivity contribution in [2.45, 2.75) is 32.2 Å². The third-order valence-electron chi connectivity index (χ3n) is 2.91. The fraction of sp³-hybridized carbons (Fsp3) is 0.500. The number of rotatable bonds is 1. The fourth-order valence-electron chi connectivity index (χ4n) is 1.96. The normalized spacial score (nSPS) is 20.8. The largest absolute Gasteiger partial charge is 0.310 e. The Morgan fingerprint density at radius 1 is 1.33 bits per heavy atom. The molecule has 1 aliphatic rings. The summed E-state index contributed by atoms with van der Waals surface area (Å²) in [5, 5.41) is 3.56. The zero-order chi connectivity index (χ0) is 9.97. The zero-order valence-electron chi connectivity index (χ0n) is 8.92. The van der Waals surface area contributed by atoms with Crippen LogP contribution in [0.25, 0.3) is 0 Å². The summed E-state index contributed by atoms with van der Waals surface area (Å²) in [5.41, 5.74) is 2.73. The van der Waals surface area contributed by atoms with Gasteiger partial charge in [-0.15, -0.1) is 12.4 Å². The first-order valence-electron chi connectivity index (χ1n) is 5.27. The first-order chi connectivity index (χ1) is 6.77. The summed E-state index contributed by atoms with van der Waals surface area (Å²) in [7, 11) is 0. The summed E-state index contributed by atoms with van der Waals surface area (Å²) in [6, 6.07) is 7.25. The van der Waals surface area contributed by atoms with E-state index in [-0.39, 0.29) is 12.4 Å². The minimum atomic E-state index is 0. The molecule has 1 fully saturated rings. The minimum Gasteiger partial charge on any atom is -0.310 e. The number of aryl methyl sites for hydroxylation is 1. The van der Waals surface area contributed by atoms with E-state index in [2.05, 4.69) is 46.4 Å². The van der Waals surface area contributed by atoms with Gasteiger partial charge in [-0.05, 0) is 43.5 Å². The quantitative estimate of drug-likeness (QED) is 0.824. The lowest BCUT2D eigenvalue weighted by molar-refractivity contribution is 0.412. The van der Waals surface area contributed by atoms with Crippen LogP contribution in [-0.2, 0) is 0 Å². The van der Waals surface area contributed by atoms with Crippen LogP contribution in [0.15, 0.2) is 22.7 Å². The van der Waals surface area contributed by atoms with Crippen molar-refractivity contribution < 1.29 is 0 Å². The predicted octanol–water partition coefficient (Wildman–Crippen LogP) is 3.99. The monoisotopic (exact) mass is 289 g/mol. The first kappa shape index (κ1) is 13.0. The van der Waals surface area contributed by atoms with Crippen LogP contribution in [0.1, 0.15) is 36.4 Å². The van der Waals surface area contributed by atoms with Crippen LogP contribution in [0.5, 0.6) is 0 Å². The number of benzene rings is 1. The zero-order valence-corrected chi connectivity index (χ0v) is 11.3. The molecule has 1 heterocycles. The molecular formula is C12H17BrClN. The van der Waals surface area contributed by atoms with E-state index >= 15 is 0 Å². The smallest absolute Gasteiger partial charge is 0.0320 e. The summed E-state index contributed by atoms with van der Waals surface area (Å²) in [4.78, 5) is 0. The van der Waals surface area contributed by atoms with Crippen LogP contribution < -0.4 is 5.32 Å². The van der Waals surface area contributed by atoms with Crippen LogP contribution in [0.4, 0.5) is 0 Å². The van der Waals surface area contributed by atoms with Crippen LogP contribution in [-0.4, -0.2) is 6.54 Å². The molecule has 1 nitrogen and oxygen atoms in total. The Morgan fingerprint density at radius 3 is 2.73 bits per heavy atom. The molecule has 0 saturated carbocycles. The molecule has 0 unspecified atom stereocenters. The van der Waals surface area contributed by atoms with Crippen molar-refractivity contribution in [3.8, 4) is 0 Å². The molecule has 84 valence electrons. The maximum absolute atomic E-state index is 3.58. The lowest BCUT2D eigenvalue weighted by atomic mass is 9.97. The van der Waals surface area contributed by atoms with Gasteiger partial charge in [0, 0.05) is 10.5 Å². The van der Waals surface area contributed by atoms with Crippen molar-refractivity contribution >= 4 is 28.3 Å². The molecule has 1 aliphatic heterocycles. The van der Waals surface area contributed by atoms with Gasteiger partial charge in [0.2, 0.25) is 0 Å². The second kappa shape index (κ2) is 5.88. The number of piperidine rings is 1. The molecule has 0 radical (unpaired) electrons. The summed E-state index contributed by atoms with van der Waals surface area (Å²) in [6.07, 6.45) is 3.95. The molecule has 1 aromatic carbocycles. The van der Waals surface area contributed by atoms with Crippen molar-refractivity contribution in [1.82, 2.24) is 5.32 Å².